The summed E-state index contributed by atoms with van der Waals surface area (Å²) in [5.74, 6) is 0.00776. The van der Waals surface area contributed by atoms with Crippen molar-refractivity contribution in [3.8, 4) is 11.1 Å². The third-order valence-electron chi connectivity index (χ3n) is 2.76. The summed E-state index contributed by atoms with van der Waals surface area (Å²) in [4.78, 5) is 11.4. The quantitative estimate of drug-likeness (QED) is 0.718. The van der Waals surface area contributed by atoms with Gasteiger partial charge in [0.2, 0.25) is 0 Å². The van der Waals surface area contributed by atoms with Gasteiger partial charge >= 0.3 is 0 Å². The van der Waals surface area contributed by atoms with Crippen LogP contribution in [0.15, 0.2) is 61.2 Å². The predicted octanol–water partition coefficient (Wildman–Crippen LogP) is 3.96. The van der Waals surface area contributed by atoms with E-state index in [-0.39, 0.29) is 5.78 Å². The third-order valence-corrected chi connectivity index (χ3v) is 2.76. The summed E-state index contributed by atoms with van der Waals surface area (Å²) in [5, 5.41) is 0. The number of carbonyl (C=O) groups is 1. The molecule has 2 aromatic rings. The molecule has 0 aromatic heterocycles. The Morgan fingerprint density at radius 1 is 0.941 bits per heavy atom. The second-order valence-electron chi connectivity index (χ2n) is 3.95. The first-order chi connectivity index (χ1) is 8.20. The summed E-state index contributed by atoms with van der Waals surface area (Å²) in [6.45, 7) is 5.41. The van der Waals surface area contributed by atoms with E-state index in [1.54, 1.807) is 6.92 Å². The molecule has 0 unspecified atom stereocenters. The topological polar surface area (TPSA) is 17.1 Å². The fourth-order valence-corrected chi connectivity index (χ4v) is 1.81. The lowest BCUT2D eigenvalue weighted by molar-refractivity contribution is -0.111. The van der Waals surface area contributed by atoms with Crippen LogP contribution in [-0.2, 0) is 4.79 Å². The van der Waals surface area contributed by atoms with Crippen molar-refractivity contribution in [2.75, 3.05) is 0 Å². The maximum absolute atomic E-state index is 11.4. The summed E-state index contributed by atoms with van der Waals surface area (Å²) in [5.41, 5.74) is 3.62. The second kappa shape index (κ2) is 4.79. The lowest BCUT2D eigenvalue weighted by Gasteiger charge is -2.10. The van der Waals surface area contributed by atoms with E-state index >= 15 is 0 Å². The largest absolute Gasteiger partial charge is 0.295 e. The molecule has 0 bridgehead atoms. The lowest BCUT2D eigenvalue weighted by Crippen LogP contribution is -1.96. The standard InChI is InChI=1S/C16H14O/c1-12(13(2)17)15-10-6-7-11-16(15)14-8-4-3-5-9-14/h3-11H,1H2,2H3. The van der Waals surface area contributed by atoms with Gasteiger partial charge in [0.25, 0.3) is 0 Å². The van der Waals surface area contributed by atoms with E-state index in [0.29, 0.717) is 5.57 Å². The molecule has 2 rings (SSSR count). The number of ketones is 1. The first-order valence-corrected chi connectivity index (χ1v) is 5.55. The van der Waals surface area contributed by atoms with Crippen molar-refractivity contribution in [2.24, 2.45) is 0 Å². The van der Waals surface area contributed by atoms with Crippen LogP contribution in [0, 0.1) is 0 Å². The van der Waals surface area contributed by atoms with Crippen LogP contribution >= 0.6 is 0 Å². The van der Waals surface area contributed by atoms with Crippen LogP contribution in [0.1, 0.15) is 12.5 Å². The van der Waals surface area contributed by atoms with Crippen molar-refractivity contribution in [3.05, 3.63) is 66.7 Å². The van der Waals surface area contributed by atoms with Gasteiger partial charge in [0, 0.05) is 5.57 Å². The highest BCUT2D eigenvalue weighted by atomic mass is 16.1. The highest BCUT2D eigenvalue weighted by molar-refractivity contribution is 6.20. The molecule has 0 heterocycles. The summed E-state index contributed by atoms with van der Waals surface area (Å²) >= 11 is 0. The molecule has 0 aliphatic carbocycles. The third kappa shape index (κ3) is 2.34. The number of hydrogen-bond donors (Lipinski definition) is 0. The van der Waals surface area contributed by atoms with Crippen molar-refractivity contribution >= 4 is 11.4 Å². The number of rotatable bonds is 3. The van der Waals surface area contributed by atoms with Gasteiger partial charge in [-0.05, 0) is 23.6 Å². The molecule has 1 heteroatoms. The summed E-state index contributed by atoms with van der Waals surface area (Å²) < 4.78 is 0. The van der Waals surface area contributed by atoms with Gasteiger partial charge in [-0.2, -0.15) is 0 Å². The van der Waals surface area contributed by atoms with Crippen LogP contribution in [0.3, 0.4) is 0 Å². The summed E-state index contributed by atoms with van der Waals surface area (Å²) in [6, 6.07) is 17.9. The van der Waals surface area contributed by atoms with E-state index in [2.05, 4.69) is 6.58 Å². The van der Waals surface area contributed by atoms with Gasteiger partial charge in [0.1, 0.15) is 0 Å². The molecule has 0 saturated carbocycles. The molecule has 0 fully saturated rings. The van der Waals surface area contributed by atoms with E-state index in [1.165, 1.54) is 0 Å². The van der Waals surface area contributed by atoms with Crippen molar-refractivity contribution in [1.29, 1.82) is 0 Å². The predicted molar refractivity (Wildman–Crippen MR) is 71.6 cm³/mol. The van der Waals surface area contributed by atoms with Gasteiger partial charge in [0.05, 0.1) is 0 Å². The van der Waals surface area contributed by atoms with Crippen LogP contribution in [0.5, 0.6) is 0 Å². The zero-order valence-electron chi connectivity index (χ0n) is 9.81. The first-order valence-electron chi connectivity index (χ1n) is 5.55. The smallest absolute Gasteiger partial charge is 0.159 e. The van der Waals surface area contributed by atoms with Gasteiger partial charge in [0.15, 0.2) is 5.78 Å². The fourth-order valence-electron chi connectivity index (χ4n) is 1.81. The van der Waals surface area contributed by atoms with Gasteiger partial charge in [-0.25, -0.2) is 0 Å². The Hall–Kier alpha value is -2.15. The average molecular weight is 222 g/mol. The second-order valence-corrected chi connectivity index (χ2v) is 3.95. The molecule has 1 nitrogen and oxygen atoms in total. The normalized spacial score (nSPS) is 9.94. The molecule has 0 spiro atoms. The van der Waals surface area contributed by atoms with Gasteiger partial charge in [-0.3, -0.25) is 4.79 Å². The van der Waals surface area contributed by atoms with Crippen molar-refractivity contribution in [3.63, 3.8) is 0 Å². The van der Waals surface area contributed by atoms with E-state index in [0.717, 1.165) is 16.7 Å². The molecule has 0 saturated heterocycles. The monoisotopic (exact) mass is 222 g/mol. The van der Waals surface area contributed by atoms with Gasteiger partial charge in [-0.15, -0.1) is 0 Å². The number of hydrogen-bond acceptors (Lipinski definition) is 1. The Balaban J connectivity index is 2.56. The zero-order valence-corrected chi connectivity index (χ0v) is 9.81. The zero-order chi connectivity index (χ0) is 12.3. The Morgan fingerprint density at radius 3 is 2.18 bits per heavy atom. The Morgan fingerprint density at radius 2 is 1.53 bits per heavy atom. The Kier molecular flexibility index (Phi) is 3.20. The SMILES string of the molecule is C=C(C(C)=O)c1ccccc1-c1ccccc1. The van der Waals surface area contributed by atoms with Crippen LogP contribution in [0.25, 0.3) is 16.7 Å². The van der Waals surface area contributed by atoms with Crippen molar-refractivity contribution in [2.45, 2.75) is 6.92 Å². The summed E-state index contributed by atoms with van der Waals surface area (Å²) in [6.07, 6.45) is 0. The number of benzene rings is 2. The van der Waals surface area contributed by atoms with Crippen molar-refractivity contribution < 1.29 is 4.79 Å². The highest BCUT2D eigenvalue weighted by Crippen LogP contribution is 2.28. The fraction of sp³-hybridized carbons (Fsp3) is 0.0625. The maximum Gasteiger partial charge on any atom is 0.159 e. The average Bonchev–Trinajstić information content (AvgIpc) is 2.39. The van der Waals surface area contributed by atoms with Crippen molar-refractivity contribution in [1.82, 2.24) is 0 Å². The number of Topliss-reactive ketones (excluding diaryl/α,β-unsaturated/α-hetero) is 1. The van der Waals surface area contributed by atoms with Crippen LogP contribution < -0.4 is 0 Å². The van der Waals surface area contributed by atoms with E-state index in [1.807, 2.05) is 54.6 Å². The number of allylic oxidation sites excluding steroid dienone is 1. The molecule has 0 aliphatic rings. The summed E-state index contributed by atoms with van der Waals surface area (Å²) in [7, 11) is 0. The Labute approximate surface area is 101 Å². The molecule has 0 N–H and O–H groups in total. The molecule has 2 aromatic carbocycles. The molecule has 0 radical (unpaired) electrons. The Bertz CT molecular complexity index is 553. The minimum atomic E-state index is 0.00776. The molecule has 17 heavy (non-hydrogen) atoms. The van der Waals surface area contributed by atoms with E-state index in [4.69, 9.17) is 0 Å². The molecule has 0 aliphatic heterocycles. The molecule has 0 amide bonds. The highest BCUT2D eigenvalue weighted by Gasteiger charge is 2.09. The van der Waals surface area contributed by atoms with Crippen LogP contribution in [0.4, 0.5) is 0 Å². The van der Waals surface area contributed by atoms with E-state index in [9.17, 15) is 4.79 Å². The molecule has 84 valence electrons. The van der Waals surface area contributed by atoms with Crippen LogP contribution in [0.2, 0.25) is 0 Å². The van der Waals surface area contributed by atoms with Gasteiger partial charge < -0.3 is 0 Å². The van der Waals surface area contributed by atoms with E-state index < -0.39 is 0 Å². The van der Waals surface area contributed by atoms with Gasteiger partial charge in [-0.1, -0.05) is 61.2 Å². The maximum atomic E-state index is 11.4. The molecular formula is C16H14O. The minimum absolute atomic E-state index is 0.00776. The molecule has 0 atom stereocenters. The first kappa shape index (κ1) is 11.3. The lowest BCUT2D eigenvalue weighted by atomic mass is 9.94. The van der Waals surface area contributed by atoms with Crippen LogP contribution in [-0.4, -0.2) is 5.78 Å². The minimum Gasteiger partial charge on any atom is -0.295 e. The molecular weight excluding hydrogens is 208 g/mol. The number of carbonyl (C=O) groups excluding carboxylic acids is 1.